The monoisotopic (exact) mass is 448 g/mol. The number of hydrogen-bond donors (Lipinski definition) is 2. The van der Waals surface area contributed by atoms with E-state index in [0.717, 1.165) is 24.0 Å². The number of hydrogen-bond acceptors (Lipinski definition) is 4. The van der Waals surface area contributed by atoms with Gasteiger partial charge >= 0.3 is 12.1 Å². The zero-order chi connectivity index (χ0) is 23.0. The van der Waals surface area contributed by atoms with E-state index in [9.17, 15) is 19.5 Å². The second-order valence-corrected chi connectivity index (χ2v) is 9.42. The van der Waals surface area contributed by atoms with Crippen LogP contribution < -0.4 is 5.32 Å². The van der Waals surface area contributed by atoms with Gasteiger partial charge in [-0.05, 0) is 47.9 Å². The molecule has 2 fully saturated rings. The van der Waals surface area contributed by atoms with Gasteiger partial charge < -0.3 is 20.1 Å². The lowest BCUT2D eigenvalue weighted by atomic mass is 9.97. The number of carboxylic acids is 1. The Morgan fingerprint density at radius 2 is 1.67 bits per heavy atom. The average Bonchev–Trinajstić information content (AvgIpc) is 3.50. The van der Waals surface area contributed by atoms with E-state index in [2.05, 4.69) is 29.6 Å². The number of nitrogens with one attached hydrogen (secondary N) is 1. The fourth-order valence-electron chi connectivity index (χ4n) is 5.15. The van der Waals surface area contributed by atoms with Crippen LogP contribution in [0.1, 0.15) is 49.1 Å². The highest BCUT2D eigenvalue weighted by Crippen LogP contribution is 2.45. The van der Waals surface area contributed by atoms with Crippen LogP contribution in [0.15, 0.2) is 48.5 Å². The van der Waals surface area contributed by atoms with Crippen LogP contribution in [0, 0.1) is 5.92 Å². The molecule has 2 aliphatic carbocycles. The van der Waals surface area contributed by atoms with Crippen LogP contribution in [-0.4, -0.2) is 53.2 Å². The molecular weight excluding hydrogens is 420 g/mol. The van der Waals surface area contributed by atoms with Crippen molar-refractivity contribution in [1.82, 2.24) is 10.2 Å². The minimum absolute atomic E-state index is 0.0127. The molecule has 2 amide bonds. The largest absolute Gasteiger partial charge is 0.481 e. The normalized spacial score (nSPS) is 20.5. The fourth-order valence-corrected chi connectivity index (χ4v) is 5.15. The second kappa shape index (κ2) is 8.54. The van der Waals surface area contributed by atoms with Gasteiger partial charge in [-0.2, -0.15) is 0 Å². The van der Waals surface area contributed by atoms with Crippen molar-refractivity contribution in [2.24, 2.45) is 5.92 Å². The number of ether oxygens (including phenoxy) is 1. The van der Waals surface area contributed by atoms with E-state index < -0.39 is 23.5 Å². The molecule has 1 aliphatic heterocycles. The summed E-state index contributed by atoms with van der Waals surface area (Å²) in [4.78, 5) is 38.3. The van der Waals surface area contributed by atoms with Crippen molar-refractivity contribution in [1.29, 1.82) is 0 Å². The first kappa shape index (κ1) is 21.5. The maximum absolute atomic E-state index is 12.8. The molecule has 2 aromatic rings. The van der Waals surface area contributed by atoms with Crippen LogP contribution in [0.25, 0.3) is 11.1 Å². The number of rotatable bonds is 6. The van der Waals surface area contributed by atoms with Gasteiger partial charge in [0.25, 0.3) is 0 Å². The summed E-state index contributed by atoms with van der Waals surface area (Å²) in [5.74, 6) is -1.48. The molecule has 0 aromatic heterocycles. The van der Waals surface area contributed by atoms with Crippen LogP contribution in [0.4, 0.5) is 4.79 Å². The molecule has 0 radical (unpaired) electrons. The molecule has 3 aliphatic rings. The highest BCUT2D eigenvalue weighted by Gasteiger charge is 2.47. The van der Waals surface area contributed by atoms with E-state index in [1.807, 2.05) is 24.3 Å². The molecular formula is C26H28N2O5. The Bertz CT molecular complexity index is 1050. The van der Waals surface area contributed by atoms with E-state index in [0.29, 0.717) is 19.4 Å². The number of nitrogens with zero attached hydrogens (tertiary/aromatic N) is 1. The lowest BCUT2D eigenvalue weighted by Crippen LogP contribution is -2.46. The van der Waals surface area contributed by atoms with Crippen LogP contribution in [0.5, 0.6) is 0 Å². The van der Waals surface area contributed by atoms with Crippen LogP contribution in [-0.2, 0) is 14.3 Å². The van der Waals surface area contributed by atoms with E-state index in [1.165, 1.54) is 11.1 Å². The van der Waals surface area contributed by atoms with Crippen LogP contribution >= 0.6 is 0 Å². The standard InChI is InChI=1S/C26H28N2O5/c29-23(28-13-5-6-17(15-28)24(30)31)14-26(11-12-26)27-25(32)33-16-22-20-9-3-1-7-18(20)19-8-2-4-10-21(19)22/h1-4,7-10,17,22H,5-6,11-16H2,(H,27,32)(H,30,31)/t17-/m0/s1. The van der Waals surface area contributed by atoms with Crippen LogP contribution in [0.3, 0.4) is 0 Å². The van der Waals surface area contributed by atoms with Crippen molar-refractivity contribution >= 4 is 18.0 Å². The highest BCUT2D eigenvalue weighted by atomic mass is 16.5. The number of aliphatic carboxylic acids is 1. The summed E-state index contributed by atoms with van der Waals surface area (Å²) >= 11 is 0. The van der Waals surface area contributed by atoms with Gasteiger partial charge in [-0.1, -0.05) is 48.5 Å². The summed E-state index contributed by atoms with van der Waals surface area (Å²) in [6, 6.07) is 16.4. The summed E-state index contributed by atoms with van der Waals surface area (Å²) in [7, 11) is 0. The van der Waals surface area contributed by atoms with E-state index in [1.54, 1.807) is 4.90 Å². The van der Waals surface area contributed by atoms with Crippen LogP contribution in [0.2, 0.25) is 0 Å². The maximum Gasteiger partial charge on any atom is 0.407 e. The Labute approximate surface area is 192 Å². The SMILES string of the molecule is O=C(NC1(CC(=O)N2CCC[C@H](C(=O)O)C2)CC1)OCC1c2ccccc2-c2ccccc21. The Morgan fingerprint density at radius 3 is 2.27 bits per heavy atom. The summed E-state index contributed by atoms with van der Waals surface area (Å²) in [5, 5.41) is 12.2. The number of carbonyl (C=O) groups is 3. The Hall–Kier alpha value is -3.35. The third kappa shape index (κ3) is 4.32. The van der Waals surface area contributed by atoms with Crippen molar-refractivity contribution in [2.75, 3.05) is 19.7 Å². The summed E-state index contributed by atoms with van der Waals surface area (Å²) in [5.41, 5.74) is 4.08. The second-order valence-electron chi connectivity index (χ2n) is 9.42. The van der Waals surface area contributed by atoms with Gasteiger partial charge in [-0.15, -0.1) is 0 Å². The van der Waals surface area contributed by atoms with Crippen molar-refractivity contribution in [3.05, 3.63) is 59.7 Å². The van der Waals surface area contributed by atoms with E-state index in [4.69, 9.17) is 4.74 Å². The van der Waals surface area contributed by atoms with Gasteiger partial charge in [0.15, 0.2) is 0 Å². The minimum Gasteiger partial charge on any atom is -0.481 e. The van der Waals surface area contributed by atoms with Crippen molar-refractivity contribution < 1.29 is 24.2 Å². The molecule has 0 bridgehead atoms. The first-order valence-electron chi connectivity index (χ1n) is 11.6. The molecule has 7 heteroatoms. The number of amides is 2. The van der Waals surface area contributed by atoms with Crippen molar-refractivity contribution in [2.45, 2.75) is 43.6 Å². The minimum atomic E-state index is -0.856. The molecule has 2 N–H and O–H groups in total. The molecule has 5 rings (SSSR count). The predicted octanol–water partition coefficient (Wildman–Crippen LogP) is 3.77. The van der Waals surface area contributed by atoms with E-state index in [-0.39, 0.29) is 31.4 Å². The van der Waals surface area contributed by atoms with Gasteiger partial charge in [-0.25, -0.2) is 4.79 Å². The Kier molecular flexibility index (Phi) is 5.56. The first-order valence-corrected chi connectivity index (χ1v) is 11.6. The molecule has 7 nitrogen and oxygen atoms in total. The number of carbonyl (C=O) groups excluding carboxylic acids is 2. The molecule has 0 spiro atoms. The third-order valence-corrected chi connectivity index (χ3v) is 7.18. The third-order valence-electron chi connectivity index (χ3n) is 7.18. The number of benzene rings is 2. The lowest BCUT2D eigenvalue weighted by Gasteiger charge is -2.32. The quantitative estimate of drug-likeness (QED) is 0.701. The predicted molar refractivity (Wildman–Crippen MR) is 122 cm³/mol. The molecule has 172 valence electrons. The molecule has 1 saturated carbocycles. The molecule has 2 aromatic carbocycles. The van der Waals surface area contributed by atoms with Gasteiger partial charge in [0.2, 0.25) is 5.91 Å². The lowest BCUT2D eigenvalue weighted by molar-refractivity contribution is -0.145. The zero-order valence-electron chi connectivity index (χ0n) is 18.5. The first-order chi connectivity index (χ1) is 16.0. The Morgan fingerprint density at radius 1 is 1.03 bits per heavy atom. The number of carboxylic acid groups (broad SMARTS) is 1. The molecule has 1 atom stereocenters. The smallest absolute Gasteiger partial charge is 0.407 e. The molecule has 1 heterocycles. The van der Waals surface area contributed by atoms with Gasteiger partial charge in [0, 0.05) is 19.0 Å². The zero-order valence-corrected chi connectivity index (χ0v) is 18.5. The number of likely N-dealkylation sites (tertiary alicyclic amines) is 1. The van der Waals surface area contributed by atoms with Gasteiger partial charge in [0.1, 0.15) is 6.61 Å². The Balaban J connectivity index is 1.18. The summed E-state index contributed by atoms with van der Waals surface area (Å²) in [6.07, 6.45) is 2.41. The maximum atomic E-state index is 12.8. The topological polar surface area (TPSA) is 95.9 Å². The molecule has 1 saturated heterocycles. The summed E-state index contributed by atoms with van der Waals surface area (Å²) < 4.78 is 5.64. The number of fused-ring (bicyclic) bond motifs is 3. The van der Waals surface area contributed by atoms with Crippen molar-refractivity contribution in [3.63, 3.8) is 0 Å². The fraction of sp³-hybridized carbons (Fsp3) is 0.423. The van der Waals surface area contributed by atoms with E-state index >= 15 is 0 Å². The number of piperidine rings is 1. The molecule has 33 heavy (non-hydrogen) atoms. The van der Waals surface area contributed by atoms with Gasteiger partial charge in [-0.3, -0.25) is 9.59 Å². The number of alkyl carbamates (subject to hydrolysis) is 1. The van der Waals surface area contributed by atoms with Gasteiger partial charge in [0.05, 0.1) is 17.9 Å². The average molecular weight is 449 g/mol. The molecule has 0 unspecified atom stereocenters. The van der Waals surface area contributed by atoms with Crippen molar-refractivity contribution in [3.8, 4) is 11.1 Å². The highest BCUT2D eigenvalue weighted by molar-refractivity contribution is 5.81. The summed E-state index contributed by atoms with van der Waals surface area (Å²) in [6.45, 7) is 1.05.